The van der Waals surface area contributed by atoms with Gasteiger partial charge in [0.15, 0.2) is 4.34 Å². The molecule has 0 atom stereocenters. The number of hydrogen-bond donors (Lipinski definition) is 2. The Hall–Kier alpha value is -2.13. The summed E-state index contributed by atoms with van der Waals surface area (Å²) in [6.07, 6.45) is 1.55. The van der Waals surface area contributed by atoms with Gasteiger partial charge in [-0.15, -0.1) is 10.2 Å². The second-order valence-electron chi connectivity index (χ2n) is 3.96. The average Bonchev–Trinajstić information content (AvgIpc) is 2.93. The molecule has 2 rings (SSSR count). The average molecular weight is 337 g/mol. The highest BCUT2D eigenvalue weighted by atomic mass is 32.2. The third kappa shape index (κ3) is 5.01. The molecule has 0 radical (unpaired) electrons. The maximum Gasteiger partial charge on any atom is 0.250 e. The Morgan fingerprint density at radius 1 is 1.50 bits per heavy atom. The van der Waals surface area contributed by atoms with Crippen molar-refractivity contribution >= 4 is 40.4 Å². The van der Waals surface area contributed by atoms with E-state index in [2.05, 4.69) is 20.7 Å². The number of nitrogen functional groups attached to an aromatic ring is 1. The second-order valence-corrected chi connectivity index (χ2v) is 6.19. The minimum atomic E-state index is -0.232. The van der Waals surface area contributed by atoms with Crippen molar-refractivity contribution in [2.75, 3.05) is 18.1 Å². The molecule has 0 unspecified atom stereocenters. The Morgan fingerprint density at radius 2 is 2.32 bits per heavy atom. The molecule has 2 aromatic rings. The SMILES string of the molecule is CCOc1ccccc1C=NNC(=O)CSc1nnc(N)s1. The molecule has 0 saturated carbocycles. The minimum absolute atomic E-state index is 0.194. The lowest BCUT2D eigenvalue weighted by molar-refractivity contribution is -0.118. The van der Waals surface area contributed by atoms with Crippen LogP contribution in [-0.2, 0) is 4.79 Å². The van der Waals surface area contributed by atoms with Gasteiger partial charge in [0.05, 0.1) is 18.6 Å². The number of carbonyl (C=O) groups excluding carboxylic acids is 1. The number of amides is 1. The van der Waals surface area contributed by atoms with Gasteiger partial charge in [-0.25, -0.2) is 5.43 Å². The van der Waals surface area contributed by atoms with Crippen LogP contribution in [0.3, 0.4) is 0 Å². The summed E-state index contributed by atoms with van der Waals surface area (Å²) in [7, 11) is 0. The number of ether oxygens (including phenoxy) is 1. The topological polar surface area (TPSA) is 102 Å². The minimum Gasteiger partial charge on any atom is -0.493 e. The summed E-state index contributed by atoms with van der Waals surface area (Å²) in [6, 6.07) is 7.47. The molecule has 1 amide bonds. The zero-order valence-corrected chi connectivity index (χ0v) is 13.5. The molecule has 0 fully saturated rings. The lowest BCUT2D eigenvalue weighted by Gasteiger charge is -2.05. The molecular formula is C13H15N5O2S2. The van der Waals surface area contributed by atoms with E-state index in [0.29, 0.717) is 16.1 Å². The number of rotatable bonds is 7. The standard InChI is InChI=1S/C13H15N5O2S2/c1-2-20-10-6-4-3-5-9(10)7-15-16-11(19)8-21-13-18-17-12(14)22-13/h3-7H,2,8H2,1H3,(H2,14,17)(H,16,19). The second kappa shape index (κ2) is 8.35. The van der Waals surface area contributed by atoms with E-state index >= 15 is 0 Å². The highest BCUT2D eigenvalue weighted by Crippen LogP contribution is 2.22. The molecule has 22 heavy (non-hydrogen) atoms. The van der Waals surface area contributed by atoms with Crippen LogP contribution in [0.4, 0.5) is 5.13 Å². The zero-order chi connectivity index (χ0) is 15.8. The third-order valence-electron chi connectivity index (χ3n) is 2.36. The normalized spacial score (nSPS) is 10.8. The number of hydrazone groups is 1. The molecule has 1 aromatic carbocycles. The fraction of sp³-hybridized carbons (Fsp3) is 0.231. The number of para-hydroxylation sites is 1. The summed E-state index contributed by atoms with van der Waals surface area (Å²) in [5.41, 5.74) is 8.72. The Morgan fingerprint density at radius 3 is 3.05 bits per heavy atom. The number of aromatic nitrogens is 2. The smallest absolute Gasteiger partial charge is 0.250 e. The number of thioether (sulfide) groups is 1. The molecule has 0 aliphatic rings. The van der Waals surface area contributed by atoms with Crippen LogP contribution in [0.5, 0.6) is 5.75 Å². The zero-order valence-electron chi connectivity index (χ0n) is 11.9. The van der Waals surface area contributed by atoms with Gasteiger partial charge in [0, 0.05) is 5.56 Å². The monoisotopic (exact) mass is 337 g/mol. The highest BCUT2D eigenvalue weighted by molar-refractivity contribution is 8.01. The van der Waals surface area contributed by atoms with Crippen molar-refractivity contribution in [2.24, 2.45) is 5.10 Å². The molecule has 1 aromatic heterocycles. The number of nitrogens with two attached hydrogens (primary N) is 1. The highest BCUT2D eigenvalue weighted by Gasteiger charge is 2.06. The summed E-state index contributed by atoms with van der Waals surface area (Å²) in [5.74, 6) is 0.685. The van der Waals surface area contributed by atoms with Crippen LogP contribution in [0.2, 0.25) is 0 Å². The van der Waals surface area contributed by atoms with Crippen LogP contribution >= 0.6 is 23.1 Å². The largest absolute Gasteiger partial charge is 0.493 e. The Bertz CT molecular complexity index is 659. The molecule has 3 N–H and O–H groups in total. The molecule has 0 saturated heterocycles. The van der Waals surface area contributed by atoms with E-state index in [0.717, 1.165) is 11.3 Å². The van der Waals surface area contributed by atoms with E-state index in [9.17, 15) is 4.79 Å². The maximum absolute atomic E-state index is 11.7. The number of benzene rings is 1. The van der Waals surface area contributed by atoms with Crippen molar-refractivity contribution < 1.29 is 9.53 Å². The van der Waals surface area contributed by atoms with E-state index in [1.54, 1.807) is 6.21 Å². The van der Waals surface area contributed by atoms with Gasteiger partial charge in [0.25, 0.3) is 5.91 Å². The van der Waals surface area contributed by atoms with Crippen molar-refractivity contribution in [3.8, 4) is 5.75 Å². The van der Waals surface area contributed by atoms with Crippen LogP contribution in [0, 0.1) is 0 Å². The van der Waals surface area contributed by atoms with Gasteiger partial charge in [-0.3, -0.25) is 4.79 Å². The first kappa shape index (κ1) is 16.2. The predicted molar refractivity (Wildman–Crippen MR) is 88.4 cm³/mol. The van der Waals surface area contributed by atoms with Crippen LogP contribution in [0.25, 0.3) is 0 Å². The van der Waals surface area contributed by atoms with Gasteiger partial charge in [0.1, 0.15) is 5.75 Å². The van der Waals surface area contributed by atoms with Crippen molar-refractivity contribution in [3.05, 3.63) is 29.8 Å². The molecule has 0 aliphatic heterocycles. The molecule has 1 heterocycles. The number of hydrogen-bond acceptors (Lipinski definition) is 8. The molecular weight excluding hydrogens is 322 g/mol. The van der Waals surface area contributed by atoms with Crippen LogP contribution < -0.4 is 15.9 Å². The molecule has 0 aliphatic carbocycles. The Labute approximate surface area is 136 Å². The van der Waals surface area contributed by atoms with Crippen LogP contribution in [0.1, 0.15) is 12.5 Å². The van der Waals surface area contributed by atoms with E-state index in [4.69, 9.17) is 10.5 Å². The number of nitrogens with one attached hydrogen (secondary N) is 1. The lowest BCUT2D eigenvalue weighted by atomic mass is 10.2. The molecule has 9 heteroatoms. The predicted octanol–water partition coefficient (Wildman–Crippen LogP) is 1.76. The fourth-order valence-electron chi connectivity index (χ4n) is 1.49. The summed E-state index contributed by atoms with van der Waals surface area (Å²) in [4.78, 5) is 11.7. The van der Waals surface area contributed by atoms with Crippen LogP contribution in [-0.4, -0.2) is 34.7 Å². The first-order valence-corrected chi connectivity index (χ1v) is 8.24. The number of anilines is 1. The Kier molecular flexibility index (Phi) is 6.16. The van der Waals surface area contributed by atoms with Crippen LogP contribution in [0.15, 0.2) is 33.7 Å². The van der Waals surface area contributed by atoms with Gasteiger partial charge in [0.2, 0.25) is 5.13 Å². The third-order valence-corrected chi connectivity index (χ3v) is 4.25. The van der Waals surface area contributed by atoms with Crippen molar-refractivity contribution in [2.45, 2.75) is 11.3 Å². The molecule has 116 valence electrons. The number of nitrogens with zero attached hydrogens (tertiary/aromatic N) is 3. The van der Waals surface area contributed by atoms with Gasteiger partial charge >= 0.3 is 0 Å². The van der Waals surface area contributed by atoms with E-state index < -0.39 is 0 Å². The van der Waals surface area contributed by atoms with E-state index in [1.165, 1.54) is 23.1 Å². The quantitative estimate of drug-likeness (QED) is 0.453. The summed E-state index contributed by atoms with van der Waals surface area (Å²) in [5, 5.41) is 11.8. The summed E-state index contributed by atoms with van der Waals surface area (Å²) in [6.45, 7) is 2.48. The first-order chi connectivity index (χ1) is 10.7. The van der Waals surface area contributed by atoms with Gasteiger partial charge in [-0.2, -0.15) is 5.10 Å². The Balaban J connectivity index is 1.83. The fourth-order valence-corrected chi connectivity index (χ4v) is 2.91. The van der Waals surface area contributed by atoms with Crippen molar-refractivity contribution in [1.29, 1.82) is 0 Å². The van der Waals surface area contributed by atoms with Crippen molar-refractivity contribution in [1.82, 2.24) is 15.6 Å². The summed E-state index contributed by atoms with van der Waals surface area (Å²) >= 11 is 2.50. The number of carbonyl (C=O) groups is 1. The lowest BCUT2D eigenvalue weighted by Crippen LogP contribution is -2.19. The molecule has 0 bridgehead atoms. The summed E-state index contributed by atoms with van der Waals surface area (Å²) < 4.78 is 6.12. The molecule has 7 nitrogen and oxygen atoms in total. The van der Waals surface area contributed by atoms with Gasteiger partial charge in [-0.05, 0) is 19.1 Å². The van der Waals surface area contributed by atoms with Gasteiger partial charge < -0.3 is 10.5 Å². The van der Waals surface area contributed by atoms with Gasteiger partial charge in [-0.1, -0.05) is 35.2 Å². The molecule has 0 spiro atoms. The maximum atomic E-state index is 11.7. The van der Waals surface area contributed by atoms with E-state index in [-0.39, 0.29) is 11.7 Å². The van der Waals surface area contributed by atoms with Crippen molar-refractivity contribution in [3.63, 3.8) is 0 Å². The van der Waals surface area contributed by atoms with E-state index in [1.807, 2.05) is 31.2 Å². The first-order valence-electron chi connectivity index (χ1n) is 6.44.